The number of hydrogen-bond donors (Lipinski definition) is 0. The molecule has 1 aliphatic carbocycles. The average molecular weight is 261 g/mol. The molecule has 0 N–H and O–H groups in total. The quantitative estimate of drug-likeness (QED) is 0.679. The molecule has 3 rings (SSSR count). The van der Waals surface area contributed by atoms with Gasteiger partial charge in [0.2, 0.25) is 0 Å². The maximum Gasteiger partial charge on any atom is 0.0349 e. The van der Waals surface area contributed by atoms with Crippen molar-refractivity contribution in [1.82, 2.24) is 0 Å². The van der Waals surface area contributed by atoms with E-state index in [1.807, 2.05) is 0 Å². The Hall–Kier alpha value is -1.82. The summed E-state index contributed by atoms with van der Waals surface area (Å²) >= 11 is 0. The van der Waals surface area contributed by atoms with Gasteiger partial charge in [0.25, 0.3) is 0 Å². The Balaban J connectivity index is 2.08. The van der Waals surface area contributed by atoms with Crippen molar-refractivity contribution < 1.29 is 0 Å². The lowest BCUT2D eigenvalue weighted by Gasteiger charge is -2.17. The lowest BCUT2D eigenvalue weighted by atomic mass is 9.86. The van der Waals surface area contributed by atoms with E-state index in [0.717, 1.165) is 12.8 Å². The number of aryl methyl sites for hydroxylation is 1. The van der Waals surface area contributed by atoms with Crippen molar-refractivity contribution in [2.24, 2.45) is 0 Å². The van der Waals surface area contributed by atoms with Crippen LogP contribution < -0.4 is 0 Å². The minimum Gasteiger partial charge on any atom is -0.0651 e. The third kappa shape index (κ3) is 2.20. The molecule has 0 saturated carbocycles. The summed E-state index contributed by atoms with van der Waals surface area (Å²) in [6, 6.07) is 17.6. The summed E-state index contributed by atoms with van der Waals surface area (Å²) in [4.78, 5) is 0. The predicted molar refractivity (Wildman–Crippen MR) is 87.4 cm³/mol. The molecule has 0 heterocycles. The van der Waals surface area contributed by atoms with Crippen molar-refractivity contribution in [1.29, 1.82) is 0 Å². The van der Waals surface area contributed by atoms with Gasteiger partial charge in [0.1, 0.15) is 0 Å². The van der Waals surface area contributed by atoms with Crippen LogP contribution in [0, 0.1) is 5.92 Å². The van der Waals surface area contributed by atoms with Crippen LogP contribution in [0.15, 0.2) is 48.5 Å². The van der Waals surface area contributed by atoms with Gasteiger partial charge in [-0.05, 0) is 46.7 Å². The van der Waals surface area contributed by atoms with Crippen LogP contribution >= 0.6 is 0 Å². The van der Waals surface area contributed by atoms with E-state index < -0.39 is 0 Å². The second kappa shape index (κ2) is 5.66. The van der Waals surface area contributed by atoms with Crippen molar-refractivity contribution >= 4 is 11.6 Å². The van der Waals surface area contributed by atoms with Gasteiger partial charge in [0, 0.05) is 5.92 Å². The van der Waals surface area contributed by atoms with Crippen molar-refractivity contribution in [3.8, 4) is 0 Å². The van der Waals surface area contributed by atoms with Crippen LogP contribution in [-0.4, -0.2) is 0 Å². The van der Waals surface area contributed by atoms with E-state index in [4.69, 9.17) is 0 Å². The standard InChI is InChI=1S/C20H21/c1-3-9-15-10-5-7-12-18(15)20-14-16-11-6-8-13-19(16)17(20)4-2/h5-8,10-14H,3-4,9H2,1-2H3. The molecule has 1 radical (unpaired) electrons. The SMILES string of the molecule is CCCc1ccccc1C1=Cc2ccccc2[C]1CC. The normalized spacial score (nSPS) is 14.2. The van der Waals surface area contributed by atoms with Crippen molar-refractivity contribution in [2.75, 3.05) is 0 Å². The van der Waals surface area contributed by atoms with Crippen molar-refractivity contribution in [3.63, 3.8) is 0 Å². The molecule has 0 bridgehead atoms. The average Bonchev–Trinajstić information content (AvgIpc) is 2.86. The molecule has 20 heavy (non-hydrogen) atoms. The zero-order valence-electron chi connectivity index (χ0n) is 12.3. The second-order valence-electron chi connectivity index (χ2n) is 5.38. The number of benzene rings is 2. The van der Waals surface area contributed by atoms with Crippen LogP contribution in [0.5, 0.6) is 0 Å². The highest BCUT2D eigenvalue weighted by Crippen LogP contribution is 2.43. The monoisotopic (exact) mass is 261 g/mol. The number of rotatable bonds is 4. The van der Waals surface area contributed by atoms with E-state index in [1.54, 1.807) is 0 Å². The molecule has 0 atom stereocenters. The van der Waals surface area contributed by atoms with Crippen LogP contribution in [0.4, 0.5) is 0 Å². The predicted octanol–water partition coefficient (Wildman–Crippen LogP) is 5.53. The molecule has 0 unspecified atom stereocenters. The minimum atomic E-state index is 1.09. The Kier molecular flexibility index (Phi) is 3.73. The molecular weight excluding hydrogens is 240 g/mol. The summed E-state index contributed by atoms with van der Waals surface area (Å²) in [6.07, 6.45) is 5.80. The molecule has 0 nitrogen and oxygen atoms in total. The molecular formula is C20H21. The van der Waals surface area contributed by atoms with Gasteiger partial charge in [-0.25, -0.2) is 0 Å². The lowest BCUT2D eigenvalue weighted by molar-refractivity contribution is 0.916. The number of allylic oxidation sites excluding steroid dienone is 1. The summed E-state index contributed by atoms with van der Waals surface area (Å²) in [5, 5.41) is 0. The highest BCUT2D eigenvalue weighted by molar-refractivity contribution is 5.98. The summed E-state index contributed by atoms with van der Waals surface area (Å²) in [7, 11) is 0. The zero-order chi connectivity index (χ0) is 13.9. The molecule has 0 aliphatic heterocycles. The zero-order valence-corrected chi connectivity index (χ0v) is 12.3. The molecule has 0 fully saturated rings. The fraction of sp³-hybridized carbons (Fsp3) is 0.250. The third-order valence-electron chi connectivity index (χ3n) is 4.09. The molecule has 0 spiro atoms. The first kappa shape index (κ1) is 13.2. The van der Waals surface area contributed by atoms with Gasteiger partial charge < -0.3 is 0 Å². The van der Waals surface area contributed by atoms with Gasteiger partial charge in [-0.2, -0.15) is 0 Å². The van der Waals surface area contributed by atoms with E-state index in [0.29, 0.717) is 0 Å². The van der Waals surface area contributed by atoms with E-state index in [1.165, 1.54) is 40.2 Å². The molecule has 0 heteroatoms. The van der Waals surface area contributed by atoms with Crippen molar-refractivity contribution in [2.45, 2.75) is 33.1 Å². The molecule has 0 amide bonds. The topological polar surface area (TPSA) is 0 Å². The second-order valence-corrected chi connectivity index (χ2v) is 5.38. The van der Waals surface area contributed by atoms with Crippen LogP contribution in [-0.2, 0) is 6.42 Å². The van der Waals surface area contributed by atoms with Crippen molar-refractivity contribution in [3.05, 3.63) is 76.7 Å². The van der Waals surface area contributed by atoms with Gasteiger partial charge in [-0.15, -0.1) is 0 Å². The fourth-order valence-corrected chi connectivity index (χ4v) is 3.18. The van der Waals surface area contributed by atoms with Gasteiger partial charge in [0.05, 0.1) is 0 Å². The Labute approximate surface area is 122 Å². The maximum absolute atomic E-state index is 2.36. The molecule has 0 saturated heterocycles. The lowest BCUT2D eigenvalue weighted by Crippen LogP contribution is -2.01. The number of hydrogen-bond acceptors (Lipinski definition) is 0. The third-order valence-corrected chi connectivity index (χ3v) is 4.09. The first-order chi connectivity index (χ1) is 9.85. The van der Waals surface area contributed by atoms with E-state index in [2.05, 4.69) is 68.5 Å². The minimum absolute atomic E-state index is 1.09. The molecule has 1 aliphatic rings. The fourth-order valence-electron chi connectivity index (χ4n) is 3.18. The Morgan fingerprint density at radius 3 is 2.25 bits per heavy atom. The van der Waals surface area contributed by atoms with Crippen LogP contribution in [0.2, 0.25) is 0 Å². The summed E-state index contributed by atoms with van der Waals surface area (Å²) in [5.41, 5.74) is 7.10. The van der Waals surface area contributed by atoms with E-state index in [-0.39, 0.29) is 0 Å². The summed E-state index contributed by atoms with van der Waals surface area (Å²) in [6.45, 7) is 4.51. The van der Waals surface area contributed by atoms with Gasteiger partial charge in [-0.3, -0.25) is 0 Å². The van der Waals surface area contributed by atoms with Crippen LogP contribution in [0.3, 0.4) is 0 Å². The highest BCUT2D eigenvalue weighted by Gasteiger charge is 2.26. The first-order valence-corrected chi connectivity index (χ1v) is 7.60. The molecule has 2 aromatic carbocycles. The first-order valence-electron chi connectivity index (χ1n) is 7.60. The van der Waals surface area contributed by atoms with Gasteiger partial charge in [-0.1, -0.05) is 68.8 Å². The van der Waals surface area contributed by atoms with E-state index in [9.17, 15) is 0 Å². The summed E-state index contributed by atoms with van der Waals surface area (Å²) < 4.78 is 0. The summed E-state index contributed by atoms with van der Waals surface area (Å²) in [5.74, 6) is 1.49. The Morgan fingerprint density at radius 1 is 0.800 bits per heavy atom. The highest BCUT2D eigenvalue weighted by atomic mass is 14.3. The maximum atomic E-state index is 2.36. The van der Waals surface area contributed by atoms with Crippen LogP contribution in [0.25, 0.3) is 11.6 Å². The van der Waals surface area contributed by atoms with Gasteiger partial charge >= 0.3 is 0 Å². The Morgan fingerprint density at radius 2 is 1.50 bits per heavy atom. The molecule has 0 aromatic heterocycles. The smallest absolute Gasteiger partial charge is 0.0349 e. The molecule has 101 valence electrons. The van der Waals surface area contributed by atoms with Crippen LogP contribution in [0.1, 0.15) is 48.9 Å². The van der Waals surface area contributed by atoms with E-state index >= 15 is 0 Å². The van der Waals surface area contributed by atoms with Gasteiger partial charge in [0.15, 0.2) is 0 Å². The number of fused-ring (bicyclic) bond motifs is 1. The largest absolute Gasteiger partial charge is 0.0651 e. The molecule has 2 aromatic rings. The Bertz CT molecular complexity index is 634.